The normalized spacial score (nSPS) is 10.4. The second-order valence-electron chi connectivity index (χ2n) is 5.39. The lowest BCUT2D eigenvalue weighted by atomic mass is 10.2. The summed E-state index contributed by atoms with van der Waals surface area (Å²) >= 11 is 6.89. The van der Waals surface area contributed by atoms with Crippen LogP contribution in [0, 0.1) is 13.8 Å². The summed E-state index contributed by atoms with van der Waals surface area (Å²) in [5.74, 6) is 0.807. The molecule has 0 radical (unpaired) electrons. The topological polar surface area (TPSA) is 38.3 Å². The summed E-state index contributed by atoms with van der Waals surface area (Å²) in [5.41, 5.74) is 3.06. The van der Waals surface area contributed by atoms with Crippen LogP contribution in [0.1, 0.15) is 24.0 Å². The van der Waals surface area contributed by atoms with Crippen molar-refractivity contribution in [3.8, 4) is 5.75 Å². The molecule has 23 heavy (non-hydrogen) atoms. The van der Waals surface area contributed by atoms with E-state index in [4.69, 9.17) is 4.74 Å². The van der Waals surface area contributed by atoms with Gasteiger partial charge in [-0.1, -0.05) is 22.0 Å². The number of aryl methyl sites for hydroxylation is 2. The Hall–Kier alpha value is -1.33. The quantitative estimate of drug-likeness (QED) is 0.591. The van der Waals surface area contributed by atoms with Gasteiger partial charge < -0.3 is 10.1 Å². The van der Waals surface area contributed by atoms with Gasteiger partial charge in [-0.15, -0.1) is 0 Å². The van der Waals surface area contributed by atoms with Crippen LogP contribution in [0.4, 0.5) is 5.69 Å². The van der Waals surface area contributed by atoms with Crippen LogP contribution in [0.5, 0.6) is 5.75 Å². The van der Waals surface area contributed by atoms with E-state index in [0.29, 0.717) is 19.4 Å². The largest absolute Gasteiger partial charge is 0.492 e. The Balaban J connectivity index is 1.76. The second-order valence-corrected chi connectivity index (χ2v) is 7.16. The highest BCUT2D eigenvalue weighted by Gasteiger charge is 2.06. The fourth-order valence-corrected chi connectivity index (χ4v) is 3.20. The van der Waals surface area contributed by atoms with E-state index in [9.17, 15) is 4.79 Å². The van der Waals surface area contributed by atoms with E-state index in [1.165, 1.54) is 5.56 Å². The monoisotopic (exact) mass is 439 g/mol. The first-order valence-electron chi connectivity index (χ1n) is 7.40. The zero-order valence-corrected chi connectivity index (χ0v) is 16.3. The Bertz CT molecular complexity index is 701. The van der Waals surface area contributed by atoms with Gasteiger partial charge in [0.15, 0.2) is 0 Å². The van der Waals surface area contributed by atoms with E-state index >= 15 is 0 Å². The molecule has 0 fully saturated rings. The first-order valence-corrected chi connectivity index (χ1v) is 8.99. The molecular formula is C18H19Br2NO2. The van der Waals surface area contributed by atoms with Crippen molar-refractivity contribution in [1.82, 2.24) is 0 Å². The molecule has 0 aliphatic rings. The standard InChI is InChI=1S/C18H19Br2NO2/c1-12-5-8-17(15(20)10-12)23-9-3-4-18(22)21-16-7-6-14(19)11-13(16)2/h5-8,10-11H,3-4,9H2,1-2H3,(H,21,22). The van der Waals surface area contributed by atoms with Gasteiger partial charge in [-0.05, 0) is 77.7 Å². The first kappa shape index (κ1) is 18.0. The van der Waals surface area contributed by atoms with Crippen LogP contribution >= 0.6 is 31.9 Å². The predicted molar refractivity (Wildman–Crippen MR) is 101 cm³/mol. The Morgan fingerprint density at radius 2 is 1.91 bits per heavy atom. The molecule has 5 heteroatoms. The molecule has 1 amide bonds. The lowest BCUT2D eigenvalue weighted by molar-refractivity contribution is -0.116. The molecule has 0 bridgehead atoms. The summed E-state index contributed by atoms with van der Waals surface area (Å²) in [7, 11) is 0. The number of carbonyl (C=O) groups excluding carboxylic acids is 1. The molecule has 2 aromatic carbocycles. The van der Waals surface area contributed by atoms with Crippen molar-refractivity contribution >= 4 is 43.5 Å². The van der Waals surface area contributed by atoms with E-state index in [1.54, 1.807) is 0 Å². The van der Waals surface area contributed by atoms with Crippen molar-refractivity contribution in [2.24, 2.45) is 0 Å². The van der Waals surface area contributed by atoms with Gasteiger partial charge in [-0.3, -0.25) is 4.79 Å². The average molecular weight is 441 g/mol. The molecule has 0 heterocycles. The number of anilines is 1. The Morgan fingerprint density at radius 3 is 2.61 bits per heavy atom. The molecule has 122 valence electrons. The lowest BCUT2D eigenvalue weighted by Gasteiger charge is -2.10. The number of benzene rings is 2. The molecule has 0 spiro atoms. The van der Waals surface area contributed by atoms with Gasteiger partial charge >= 0.3 is 0 Å². The Morgan fingerprint density at radius 1 is 1.13 bits per heavy atom. The van der Waals surface area contributed by atoms with Crippen LogP contribution < -0.4 is 10.1 Å². The molecule has 1 N–H and O–H groups in total. The number of carbonyl (C=O) groups is 1. The van der Waals surface area contributed by atoms with Crippen molar-refractivity contribution in [1.29, 1.82) is 0 Å². The third-order valence-electron chi connectivity index (χ3n) is 3.36. The molecule has 0 aliphatic heterocycles. The SMILES string of the molecule is Cc1ccc(OCCCC(=O)Nc2ccc(Br)cc2C)c(Br)c1. The van der Waals surface area contributed by atoms with E-state index in [1.807, 2.05) is 50.2 Å². The van der Waals surface area contributed by atoms with Crippen LogP contribution in [0.25, 0.3) is 0 Å². The molecule has 0 saturated heterocycles. The first-order chi connectivity index (χ1) is 11.0. The smallest absolute Gasteiger partial charge is 0.224 e. The summed E-state index contributed by atoms with van der Waals surface area (Å²) in [4.78, 5) is 12.0. The van der Waals surface area contributed by atoms with Gasteiger partial charge in [0.05, 0.1) is 11.1 Å². The number of hydrogen-bond donors (Lipinski definition) is 1. The molecule has 0 aliphatic carbocycles. The van der Waals surface area contributed by atoms with Crippen molar-refractivity contribution < 1.29 is 9.53 Å². The molecule has 2 rings (SSSR count). The van der Waals surface area contributed by atoms with Gasteiger partial charge in [0.25, 0.3) is 0 Å². The van der Waals surface area contributed by atoms with Crippen molar-refractivity contribution in [3.63, 3.8) is 0 Å². The van der Waals surface area contributed by atoms with Gasteiger partial charge in [0, 0.05) is 16.6 Å². The molecular weight excluding hydrogens is 422 g/mol. The molecule has 2 aromatic rings. The highest BCUT2D eigenvalue weighted by molar-refractivity contribution is 9.10. The number of ether oxygens (including phenoxy) is 1. The zero-order valence-electron chi connectivity index (χ0n) is 13.2. The maximum Gasteiger partial charge on any atom is 0.224 e. The third-order valence-corrected chi connectivity index (χ3v) is 4.47. The van der Waals surface area contributed by atoms with E-state index in [-0.39, 0.29) is 5.91 Å². The molecule has 0 atom stereocenters. The minimum atomic E-state index is 0.00185. The van der Waals surface area contributed by atoms with Crippen molar-refractivity contribution in [2.75, 3.05) is 11.9 Å². The third kappa shape index (κ3) is 5.66. The van der Waals surface area contributed by atoms with E-state index < -0.39 is 0 Å². The molecule has 3 nitrogen and oxygen atoms in total. The number of rotatable bonds is 6. The number of halogens is 2. The maximum absolute atomic E-state index is 12.0. The molecule has 0 unspecified atom stereocenters. The van der Waals surface area contributed by atoms with Crippen LogP contribution in [-0.2, 0) is 4.79 Å². The highest BCUT2D eigenvalue weighted by atomic mass is 79.9. The van der Waals surface area contributed by atoms with Crippen LogP contribution in [0.2, 0.25) is 0 Å². The maximum atomic E-state index is 12.0. The zero-order chi connectivity index (χ0) is 16.8. The summed E-state index contributed by atoms with van der Waals surface area (Å²) in [6.45, 7) is 4.51. The minimum absolute atomic E-state index is 0.00185. The van der Waals surface area contributed by atoms with Crippen molar-refractivity contribution in [2.45, 2.75) is 26.7 Å². The Labute approximate surface area is 153 Å². The van der Waals surface area contributed by atoms with Crippen molar-refractivity contribution in [3.05, 3.63) is 56.5 Å². The second kappa shape index (κ2) is 8.50. The van der Waals surface area contributed by atoms with Gasteiger partial charge in [0.2, 0.25) is 5.91 Å². The predicted octanol–water partition coefficient (Wildman–Crippen LogP) is 5.63. The molecule has 0 aromatic heterocycles. The van der Waals surface area contributed by atoms with Crippen LogP contribution in [0.15, 0.2) is 45.3 Å². The fourth-order valence-electron chi connectivity index (χ4n) is 2.12. The lowest BCUT2D eigenvalue weighted by Crippen LogP contribution is -2.13. The number of amides is 1. The highest BCUT2D eigenvalue weighted by Crippen LogP contribution is 2.26. The van der Waals surface area contributed by atoms with Crippen LogP contribution in [0.3, 0.4) is 0 Å². The number of nitrogens with one attached hydrogen (secondary N) is 1. The molecule has 0 saturated carbocycles. The van der Waals surface area contributed by atoms with Gasteiger partial charge in [0.1, 0.15) is 5.75 Å². The summed E-state index contributed by atoms with van der Waals surface area (Å²) in [5, 5.41) is 2.93. The summed E-state index contributed by atoms with van der Waals surface area (Å²) in [6, 6.07) is 11.7. The van der Waals surface area contributed by atoms with Crippen LogP contribution in [-0.4, -0.2) is 12.5 Å². The van der Waals surface area contributed by atoms with Gasteiger partial charge in [-0.2, -0.15) is 0 Å². The summed E-state index contributed by atoms with van der Waals surface area (Å²) in [6.07, 6.45) is 1.10. The number of hydrogen-bond acceptors (Lipinski definition) is 2. The average Bonchev–Trinajstić information content (AvgIpc) is 2.48. The fraction of sp³-hybridized carbons (Fsp3) is 0.278. The van der Waals surface area contributed by atoms with E-state index in [0.717, 1.165) is 25.9 Å². The minimum Gasteiger partial charge on any atom is -0.492 e. The van der Waals surface area contributed by atoms with Gasteiger partial charge in [-0.25, -0.2) is 0 Å². The van der Waals surface area contributed by atoms with E-state index in [2.05, 4.69) is 37.2 Å². The summed E-state index contributed by atoms with van der Waals surface area (Å²) < 4.78 is 7.64. The Kier molecular flexibility index (Phi) is 6.66.